The van der Waals surface area contributed by atoms with Crippen LogP contribution < -0.4 is 10.6 Å². The summed E-state index contributed by atoms with van der Waals surface area (Å²) in [7, 11) is 1.34. The molecule has 8 nitrogen and oxygen atoms in total. The van der Waals surface area contributed by atoms with Crippen LogP contribution in [-0.2, 0) is 19.1 Å². The number of alkyl carbamates (subject to hydrolysis) is 1. The smallest absolute Gasteiger partial charge is 0.407 e. The average Bonchev–Trinajstić information content (AvgIpc) is 3.42. The lowest BCUT2D eigenvalue weighted by Crippen LogP contribution is -2.57. The Kier molecular flexibility index (Phi) is 6.65. The Morgan fingerprint density at radius 2 is 1.61 bits per heavy atom. The molecule has 1 atom stereocenters. The van der Waals surface area contributed by atoms with Gasteiger partial charge in [0.25, 0.3) is 5.91 Å². The number of methoxy groups -OCH3 is 1. The van der Waals surface area contributed by atoms with Gasteiger partial charge in [-0.05, 0) is 35.1 Å². The lowest BCUT2D eigenvalue weighted by atomic mass is 9.97. The first-order valence-corrected chi connectivity index (χ1v) is 11.1. The van der Waals surface area contributed by atoms with Crippen LogP contribution in [0.4, 0.5) is 4.79 Å². The van der Waals surface area contributed by atoms with Crippen LogP contribution in [0.25, 0.3) is 11.1 Å². The molecule has 174 valence electrons. The normalized spacial score (nSPS) is 17.0. The molecule has 1 saturated carbocycles. The molecule has 0 spiro atoms. The minimum absolute atomic E-state index is 0.0672. The van der Waals surface area contributed by atoms with Gasteiger partial charge in [-0.2, -0.15) is 0 Å². The quantitative estimate of drug-likeness (QED) is 0.567. The number of hydrogen-bond donors (Lipinski definition) is 3. The van der Waals surface area contributed by atoms with E-state index in [0.717, 1.165) is 35.1 Å². The number of fused-ring (bicyclic) bond motifs is 3. The summed E-state index contributed by atoms with van der Waals surface area (Å²) in [6.07, 6.45) is 0.543. The summed E-state index contributed by atoms with van der Waals surface area (Å²) >= 11 is 0. The molecule has 1 unspecified atom stereocenters. The third kappa shape index (κ3) is 4.57. The van der Waals surface area contributed by atoms with Crippen molar-refractivity contribution in [1.82, 2.24) is 10.6 Å². The topological polar surface area (TPSA) is 114 Å². The van der Waals surface area contributed by atoms with Gasteiger partial charge in [-0.1, -0.05) is 61.4 Å². The van der Waals surface area contributed by atoms with Crippen molar-refractivity contribution in [1.29, 1.82) is 0 Å². The van der Waals surface area contributed by atoms with Crippen LogP contribution in [0.1, 0.15) is 42.7 Å². The van der Waals surface area contributed by atoms with Gasteiger partial charge in [-0.25, -0.2) is 9.59 Å². The molecular formula is C25H28N2O6. The van der Waals surface area contributed by atoms with Gasteiger partial charge in [-0.15, -0.1) is 0 Å². The molecule has 8 heteroatoms. The van der Waals surface area contributed by atoms with Crippen molar-refractivity contribution in [2.75, 3.05) is 20.3 Å². The lowest BCUT2D eigenvalue weighted by molar-refractivity contribution is -0.149. The van der Waals surface area contributed by atoms with E-state index in [1.54, 1.807) is 0 Å². The molecule has 2 aliphatic rings. The van der Waals surface area contributed by atoms with E-state index >= 15 is 0 Å². The molecular weight excluding hydrogens is 424 g/mol. The van der Waals surface area contributed by atoms with Crippen LogP contribution in [0.2, 0.25) is 0 Å². The summed E-state index contributed by atoms with van der Waals surface area (Å²) in [4.78, 5) is 36.6. The predicted molar refractivity (Wildman–Crippen MR) is 121 cm³/mol. The van der Waals surface area contributed by atoms with Gasteiger partial charge in [0.1, 0.15) is 12.1 Å². The monoisotopic (exact) mass is 452 g/mol. The van der Waals surface area contributed by atoms with Crippen molar-refractivity contribution in [3.05, 3.63) is 59.7 Å². The number of carboxylic acid groups (broad SMARTS) is 1. The van der Waals surface area contributed by atoms with E-state index in [-0.39, 0.29) is 19.1 Å². The summed E-state index contributed by atoms with van der Waals surface area (Å²) in [6, 6.07) is 16.1. The maximum Gasteiger partial charge on any atom is 0.407 e. The Bertz CT molecular complexity index is 1000. The summed E-state index contributed by atoms with van der Waals surface area (Å²) in [5, 5.41) is 14.7. The molecule has 3 N–H and O–H groups in total. The highest BCUT2D eigenvalue weighted by Crippen LogP contribution is 2.44. The second-order valence-electron chi connectivity index (χ2n) is 8.51. The fraction of sp³-hybridized carbons (Fsp3) is 0.400. The first-order valence-electron chi connectivity index (χ1n) is 11.1. The van der Waals surface area contributed by atoms with E-state index in [2.05, 4.69) is 22.8 Å². The number of hydrogen-bond acceptors (Lipinski definition) is 5. The van der Waals surface area contributed by atoms with Gasteiger partial charge in [-0.3, -0.25) is 4.79 Å². The maximum absolute atomic E-state index is 12.6. The van der Waals surface area contributed by atoms with Crippen LogP contribution >= 0.6 is 0 Å². The van der Waals surface area contributed by atoms with Crippen LogP contribution in [0.5, 0.6) is 0 Å². The first kappa shape index (κ1) is 22.8. The zero-order valence-corrected chi connectivity index (χ0v) is 18.5. The standard InChI is InChI=1S/C25H28N2O6/c1-32-21(22(28)27-25(23(29)30)12-6-7-13-25)14-26-24(31)33-15-20-18-10-4-2-8-16(18)17-9-3-5-11-19(17)20/h2-5,8-11,20-21H,6-7,12-15H2,1H3,(H,26,31)(H,27,28)(H,29,30). The number of ether oxygens (including phenoxy) is 2. The van der Waals surface area contributed by atoms with Gasteiger partial charge in [0.2, 0.25) is 0 Å². The molecule has 33 heavy (non-hydrogen) atoms. The van der Waals surface area contributed by atoms with Gasteiger partial charge in [0.05, 0.1) is 6.54 Å². The van der Waals surface area contributed by atoms with Crippen molar-refractivity contribution >= 4 is 18.0 Å². The summed E-state index contributed by atoms with van der Waals surface area (Å²) in [5.74, 6) is -1.68. The van der Waals surface area contributed by atoms with E-state index in [4.69, 9.17) is 9.47 Å². The molecule has 0 radical (unpaired) electrons. The molecule has 0 heterocycles. The highest BCUT2D eigenvalue weighted by atomic mass is 16.5. The average molecular weight is 453 g/mol. The Morgan fingerprint density at radius 3 is 2.15 bits per heavy atom. The number of carbonyl (C=O) groups is 3. The number of carboxylic acids is 1. The fourth-order valence-corrected chi connectivity index (χ4v) is 4.80. The molecule has 1 fully saturated rings. The number of carbonyl (C=O) groups excluding carboxylic acids is 2. The lowest BCUT2D eigenvalue weighted by Gasteiger charge is -2.27. The van der Waals surface area contributed by atoms with E-state index in [9.17, 15) is 19.5 Å². The van der Waals surface area contributed by atoms with Crippen LogP contribution in [0.3, 0.4) is 0 Å². The van der Waals surface area contributed by atoms with Gasteiger partial charge < -0.3 is 25.2 Å². The molecule has 2 aromatic rings. The third-order valence-corrected chi connectivity index (χ3v) is 6.58. The van der Waals surface area contributed by atoms with Gasteiger partial charge in [0, 0.05) is 13.0 Å². The molecule has 0 aromatic heterocycles. The highest BCUT2D eigenvalue weighted by molar-refractivity contribution is 5.89. The SMILES string of the molecule is COC(CNC(=O)OCC1c2ccccc2-c2ccccc21)C(=O)NC1(C(=O)O)CCCC1. The zero-order valence-electron chi connectivity index (χ0n) is 18.5. The maximum atomic E-state index is 12.6. The van der Waals surface area contributed by atoms with Gasteiger partial charge in [0.15, 0.2) is 6.10 Å². The van der Waals surface area contributed by atoms with E-state index < -0.39 is 29.6 Å². The molecule has 2 amide bonds. The largest absolute Gasteiger partial charge is 0.480 e. The minimum atomic E-state index is -1.27. The van der Waals surface area contributed by atoms with E-state index in [0.29, 0.717) is 12.8 Å². The fourth-order valence-electron chi connectivity index (χ4n) is 4.80. The second-order valence-corrected chi connectivity index (χ2v) is 8.51. The number of nitrogens with one attached hydrogen (secondary N) is 2. The van der Waals surface area contributed by atoms with E-state index in [1.807, 2.05) is 36.4 Å². The Balaban J connectivity index is 1.33. The summed E-state index contributed by atoms with van der Waals surface area (Å²) in [5.41, 5.74) is 3.22. The minimum Gasteiger partial charge on any atom is -0.480 e. The summed E-state index contributed by atoms with van der Waals surface area (Å²) in [6.45, 7) is 0.0283. The molecule has 4 rings (SSSR count). The highest BCUT2D eigenvalue weighted by Gasteiger charge is 2.43. The van der Waals surface area contributed by atoms with E-state index in [1.165, 1.54) is 7.11 Å². The first-order chi connectivity index (χ1) is 15.9. The molecule has 2 aliphatic carbocycles. The van der Waals surface area contributed by atoms with Crippen LogP contribution in [0.15, 0.2) is 48.5 Å². The van der Waals surface area contributed by atoms with Crippen molar-refractivity contribution in [2.24, 2.45) is 0 Å². The molecule has 0 saturated heterocycles. The third-order valence-electron chi connectivity index (χ3n) is 6.58. The number of amides is 2. The zero-order chi connectivity index (χ0) is 23.4. The Hall–Kier alpha value is -3.39. The number of aliphatic carboxylic acids is 1. The van der Waals surface area contributed by atoms with Crippen molar-refractivity contribution in [3.8, 4) is 11.1 Å². The number of rotatable bonds is 8. The van der Waals surface area contributed by atoms with Crippen LogP contribution in [0, 0.1) is 0 Å². The van der Waals surface area contributed by atoms with Crippen molar-refractivity contribution in [3.63, 3.8) is 0 Å². The second kappa shape index (κ2) is 9.62. The van der Waals surface area contributed by atoms with Gasteiger partial charge >= 0.3 is 12.1 Å². The predicted octanol–water partition coefficient (Wildman–Crippen LogP) is 3.05. The summed E-state index contributed by atoms with van der Waals surface area (Å²) < 4.78 is 10.7. The Labute approximate surface area is 192 Å². The molecule has 0 aliphatic heterocycles. The molecule has 0 bridgehead atoms. The van der Waals surface area contributed by atoms with Crippen LogP contribution in [-0.4, -0.2) is 55.0 Å². The van der Waals surface area contributed by atoms with Crippen molar-refractivity contribution in [2.45, 2.75) is 43.2 Å². The van der Waals surface area contributed by atoms with Crippen molar-refractivity contribution < 1.29 is 29.0 Å². The molecule has 2 aromatic carbocycles. The number of benzene rings is 2. The Morgan fingerprint density at radius 1 is 1.03 bits per heavy atom.